The van der Waals surface area contributed by atoms with Crippen LogP contribution in [0.2, 0.25) is 0 Å². The van der Waals surface area contributed by atoms with Crippen LogP contribution in [0.4, 0.5) is 5.69 Å². The summed E-state index contributed by atoms with van der Waals surface area (Å²) < 4.78 is 21.7. The van der Waals surface area contributed by atoms with Crippen LogP contribution in [0.3, 0.4) is 0 Å². The first-order chi connectivity index (χ1) is 19.0. The van der Waals surface area contributed by atoms with E-state index in [0.29, 0.717) is 36.4 Å². The van der Waals surface area contributed by atoms with Gasteiger partial charge in [-0.15, -0.1) is 0 Å². The Hall–Kier alpha value is -3.81. The lowest BCUT2D eigenvalue weighted by molar-refractivity contribution is -0.143. The van der Waals surface area contributed by atoms with Gasteiger partial charge in [-0.25, -0.2) is 9.59 Å². The van der Waals surface area contributed by atoms with Crippen molar-refractivity contribution in [3.8, 4) is 11.5 Å². The number of nitrogens with one attached hydrogen (secondary N) is 1. The molecule has 0 radical (unpaired) electrons. The molecule has 1 amide bonds. The molecule has 0 saturated carbocycles. The Morgan fingerprint density at radius 3 is 2.13 bits per heavy atom. The van der Waals surface area contributed by atoms with Crippen molar-refractivity contribution in [2.75, 3.05) is 25.1 Å². The lowest BCUT2D eigenvalue weighted by atomic mass is 10.1. The van der Waals surface area contributed by atoms with Gasteiger partial charge in [0, 0.05) is 5.56 Å². The van der Waals surface area contributed by atoms with E-state index in [1.54, 1.807) is 48.5 Å². The molecule has 0 bridgehead atoms. The normalized spacial score (nSPS) is 11.0. The maximum atomic E-state index is 12.9. The predicted octanol–water partition coefficient (Wildman–Crippen LogP) is 6.85. The number of ether oxygens (including phenoxy) is 4. The van der Waals surface area contributed by atoms with Crippen LogP contribution in [-0.2, 0) is 19.1 Å². The topological polar surface area (TPSA) is 100 Å². The van der Waals surface area contributed by atoms with E-state index >= 15 is 0 Å². The summed E-state index contributed by atoms with van der Waals surface area (Å²) in [7, 11) is 0. The van der Waals surface area contributed by atoms with Crippen LogP contribution in [0, 0.1) is 0 Å². The molecule has 0 aromatic heterocycles. The molecular formula is C31H41NO7. The first-order valence-corrected chi connectivity index (χ1v) is 13.8. The largest absolute Gasteiger partial charge is 0.494 e. The predicted molar refractivity (Wildman–Crippen MR) is 151 cm³/mol. The minimum absolute atomic E-state index is 0.167. The molecule has 212 valence electrons. The fourth-order valence-electron chi connectivity index (χ4n) is 3.49. The van der Waals surface area contributed by atoms with Crippen molar-refractivity contribution >= 4 is 23.5 Å². The maximum Gasteiger partial charge on any atom is 0.374 e. The second-order valence-corrected chi connectivity index (χ2v) is 9.00. The van der Waals surface area contributed by atoms with Crippen LogP contribution < -0.4 is 14.8 Å². The minimum Gasteiger partial charge on any atom is -0.494 e. The smallest absolute Gasteiger partial charge is 0.374 e. The molecular weight excluding hydrogens is 498 g/mol. The Morgan fingerprint density at radius 1 is 0.744 bits per heavy atom. The van der Waals surface area contributed by atoms with Gasteiger partial charge in [0.05, 0.1) is 31.6 Å². The lowest BCUT2D eigenvalue weighted by Crippen LogP contribution is -2.17. The molecule has 0 heterocycles. The van der Waals surface area contributed by atoms with Crippen LogP contribution in [-0.4, -0.2) is 37.7 Å². The zero-order valence-electron chi connectivity index (χ0n) is 23.3. The molecule has 0 aliphatic rings. The third-order valence-electron chi connectivity index (χ3n) is 5.57. The Kier molecular flexibility index (Phi) is 14.9. The van der Waals surface area contributed by atoms with Gasteiger partial charge in [0.2, 0.25) is 5.76 Å². The Labute approximate surface area is 231 Å². The number of hydrogen-bond acceptors (Lipinski definition) is 7. The molecule has 1 N–H and O–H groups in total. The molecule has 2 aromatic carbocycles. The molecule has 0 spiro atoms. The van der Waals surface area contributed by atoms with Crippen LogP contribution in [0.15, 0.2) is 60.4 Å². The first kappa shape index (κ1) is 31.4. The van der Waals surface area contributed by atoms with Gasteiger partial charge in [0.1, 0.15) is 5.75 Å². The van der Waals surface area contributed by atoms with Gasteiger partial charge in [-0.05, 0) is 55.7 Å². The van der Waals surface area contributed by atoms with Crippen molar-refractivity contribution in [1.82, 2.24) is 0 Å². The van der Waals surface area contributed by atoms with Gasteiger partial charge < -0.3 is 24.3 Å². The molecule has 0 aliphatic carbocycles. The van der Waals surface area contributed by atoms with E-state index in [0.717, 1.165) is 18.9 Å². The van der Waals surface area contributed by atoms with E-state index < -0.39 is 11.9 Å². The van der Waals surface area contributed by atoms with Gasteiger partial charge in [-0.1, -0.05) is 65.0 Å². The SMILES string of the molecule is CCCCCCCCOc1ccc(C(=O)Nc2ccccc2O/C(=C\C(=O)OCCC)C(=O)OCCC)cc1. The highest BCUT2D eigenvalue weighted by molar-refractivity contribution is 6.05. The van der Waals surface area contributed by atoms with Crippen LogP contribution in [0.5, 0.6) is 11.5 Å². The van der Waals surface area contributed by atoms with Gasteiger partial charge in [-0.2, -0.15) is 0 Å². The molecule has 2 rings (SSSR count). The van der Waals surface area contributed by atoms with Crippen molar-refractivity contribution in [1.29, 1.82) is 0 Å². The summed E-state index contributed by atoms with van der Waals surface area (Å²) in [5.41, 5.74) is 0.750. The number of benzene rings is 2. The Balaban J connectivity index is 2.03. The summed E-state index contributed by atoms with van der Waals surface area (Å²) >= 11 is 0. The van der Waals surface area contributed by atoms with Gasteiger partial charge in [0.25, 0.3) is 5.91 Å². The molecule has 8 nitrogen and oxygen atoms in total. The molecule has 0 fully saturated rings. The van der Waals surface area contributed by atoms with Crippen molar-refractivity contribution in [3.05, 3.63) is 65.9 Å². The number of carbonyl (C=O) groups excluding carboxylic acids is 3. The third-order valence-corrected chi connectivity index (χ3v) is 5.57. The first-order valence-electron chi connectivity index (χ1n) is 13.8. The molecule has 2 aromatic rings. The number of unbranched alkanes of at least 4 members (excludes halogenated alkanes) is 5. The molecule has 39 heavy (non-hydrogen) atoms. The second kappa shape index (κ2) is 18.4. The molecule has 0 atom stereocenters. The van der Waals surface area contributed by atoms with E-state index in [1.807, 2.05) is 13.8 Å². The average Bonchev–Trinajstić information content (AvgIpc) is 2.95. The highest BCUT2D eigenvalue weighted by Crippen LogP contribution is 2.27. The Bertz CT molecular complexity index is 1060. The number of para-hydroxylation sites is 2. The number of amides is 1. The quantitative estimate of drug-likeness (QED) is 0.0957. The zero-order chi connectivity index (χ0) is 28.3. The molecule has 0 saturated heterocycles. The number of hydrogen-bond donors (Lipinski definition) is 1. The summed E-state index contributed by atoms with van der Waals surface area (Å²) in [5.74, 6) is -1.34. The van der Waals surface area contributed by atoms with E-state index in [1.165, 1.54) is 25.7 Å². The van der Waals surface area contributed by atoms with Crippen molar-refractivity contribution in [2.24, 2.45) is 0 Å². The van der Waals surface area contributed by atoms with Crippen LogP contribution in [0.1, 0.15) is 82.5 Å². The van der Waals surface area contributed by atoms with E-state index in [9.17, 15) is 14.4 Å². The molecule has 8 heteroatoms. The van der Waals surface area contributed by atoms with Gasteiger partial charge >= 0.3 is 11.9 Å². The highest BCUT2D eigenvalue weighted by Gasteiger charge is 2.19. The summed E-state index contributed by atoms with van der Waals surface area (Å²) in [4.78, 5) is 37.6. The number of esters is 2. The van der Waals surface area contributed by atoms with E-state index in [2.05, 4.69) is 12.2 Å². The van der Waals surface area contributed by atoms with Crippen LogP contribution >= 0.6 is 0 Å². The third kappa shape index (κ3) is 12.1. The molecule has 0 aliphatic heterocycles. The number of carbonyl (C=O) groups is 3. The van der Waals surface area contributed by atoms with Gasteiger partial charge in [0.15, 0.2) is 5.75 Å². The summed E-state index contributed by atoms with van der Waals surface area (Å²) in [6.45, 7) is 6.94. The lowest BCUT2D eigenvalue weighted by Gasteiger charge is -2.14. The second-order valence-electron chi connectivity index (χ2n) is 9.00. The number of anilines is 1. The number of rotatable bonds is 18. The zero-order valence-corrected chi connectivity index (χ0v) is 23.3. The average molecular weight is 540 g/mol. The van der Waals surface area contributed by atoms with Crippen LogP contribution in [0.25, 0.3) is 0 Å². The summed E-state index contributed by atoms with van der Waals surface area (Å²) in [6, 6.07) is 13.5. The minimum atomic E-state index is -0.803. The van der Waals surface area contributed by atoms with E-state index in [4.69, 9.17) is 18.9 Å². The fourth-order valence-corrected chi connectivity index (χ4v) is 3.49. The maximum absolute atomic E-state index is 12.9. The van der Waals surface area contributed by atoms with Crippen molar-refractivity contribution in [3.63, 3.8) is 0 Å². The Morgan fingerprint density at radius 2 is 1.41 bits per heavy atom. The standard InChI is InChI=1S/C31H41NO7/c1-4-7-8-9-10-13-22-36-25-18-16-24(17-19-25)30(34)32-26-14-11-12-15-27(26)39-28(31(35)38-21-6-3)23-29(33)37-20-5-2/h11-12,14-19,23H,4-10,13,20-22H2,1-3H3,(H,32,34)/b28-23-. The van der Waals surface area contributed by atoms with Gasteiger partial charge in [-0.3, -0.25) is 4.79 Å². The van der Waals surface area contributed by atoms with E-state index in [-0.39, 0.29) is 30.6 Å². The molecule has 0 unspecified atom stereocenters. The highest BCUT2D eigenvalue weighted by atomic mass is 16.6. The van der Waals surface area contributed by atoms with Crippen molar-refractivity contribution in [2.45, 2.75) is 72.1 Å². The fraction of sp³-hybridized carbons (Fsp3) is 0.452. The monoisotopic (exact) mass is 539 g/mol. The summed E-state index contributed by atoms with van der Waals surface area (Å²) in [6.07, 6.45) is 9.34. The van der Waals surface area contributed by atoms with Crippen molar-refractivity contribution < 1.29 is 33.3 Å². The summed E-state index contributed by atoms with van der Waals surface area (Å²) in [5, 5.41) is 2.80.